The van der Waals surface area contributed by atoms with Gasteiger partial charge in [-0.2, -0.15) is 0 Å². The fourth-order valence-electron chi connectivity index (χ4n) is 2.54. The molecule has 1 aliphatic heterocycles. The topological polar surface area (TPSA) is 0 Å². The first-order valence-electron chi connectivity index (χ1n) is 4.30. The van der Waals surface area contributed by atoms with Gasteiger partial charge in [-0.25, -0.2) is 0 Å². The van der Waals surface area contributed by atoms with Crippen LogP contribution in [-0.4, -0.2) is 13.3 Å². The van der Waals surface area contributed by atoms with Crippen molar-refractivity contribution in [2.75, 3.05) is 0 Å². The molecule has 1 fully saturated rings. The molecule has 0 N–H and O–H groups in total. The van der Waals surface area contributed by atoms with Crippen LogP contribution in [0.4, 0.5) is 0 Å². The van der Waals surface area contributed by atoms with Gasteiger partial charge >= 0.3 is 65.7 Å². The van der Waals surface area contributed by atoms with Crippen LogP contribution in [0, 0.1) is 5.92 Å². The van der Waals surface area contributed by atoms with E-state index in [0.29, 0.717) is 0 Å². The van der Waals surface area contributed by atoms with Gasteiger partial charge in [0.15, 0.2) is 0 Å². The Bertz CT molecular complexity index is 181. The van der Waals surface area contributed by atoms with Gasteiger partial charge in [-0.1, -0.05) is 0 Å². The third kappa shape index (κ3) is 0.687. The van der Waals surface area contributed by atoms with Gasteiger partial charge in [-0.05, 0) is 0 Å². The van der Waals surface area contributed by atoms with Crippen molar-refractivity contribution in [2.24, 2.45) is 5.92 Å². The van der Waals surface area contributed by atoms with Crippen molar-refractivity contribution in [3.8, 4) is 0 Å². The van der Waals surface area contributed by atoms with Gasteiger partial charge in [0.2, 0.25) is 0 Å². The molecule has 2 aliphatic rings. The maximum atomic E-state index is 2.60. The molecule has 1 heteroatoms. The monoisotopic (exact) mass is 198 g/mol. The maximum absolute atomic E-state index is 2.60. The standard InChI is InChI=1S/C9H16Ge/c1-7-8-4-5-9(6-8)10(7,2)3/h4-5,7-9H,6H2,1-3H3. The summed E-state index contributed by atoms with van der Waals surface area (Å²) in [6.07, 6.45) is 6.48. The predicted octanol–water partition coefficient (Wildman–Crippen LogP) is 3.04. The van der Waals surface area contributed by atoms with Crippen molar-refractivity contribution >= 4 is 13.3 Å². The zero-order valence-electron chi connectivity index (χ0n) is 7.09. The molecule has 0 aromatic carbocycles. The summed E-state index contributed by atoms with van der Waals surface area (Å²) in [4.78, 5) is 0. The van der Waals surface area contributed by atoms with E-state index in [0.717, 1.165) is 15.4 Å². The van der Waals surface area contributed by atoms with Crippen molar-refractivity contribution in [3.63, 3.8) is 0 Å². The van der Waals surface area contributed by atoms with Crippen LogP contribution in [0.2, 0.25) is 21.0 Å². The van der Waals surface area contributed by atoms with Crippen LogP contribution < -0.4 is 0 Å². The van der Waals surface area contributed by atoms with Crippen LogP contribution in [0.3, 0.4) is 0 Å². The molecule has 0 amide bonds. The molecular formula is C9H16Ge. The van der Waals surface area contributed by atoms with Crippen LogP contribution in [-0.2, 0) is 0 Å². The van der Waals surface area contributed by atoms with Gasteiger partial charge in [0.05, 0.1) is 0 Å². The molecule has 0 saturated carbocycles. The summed E-state index contributed by atoms with van der Waals surface area (Å²) in [7, 11) is 0. The first-order valence-corrected chi connectivity index (χ1v) is 10.9. The fraction of sp³-hybridized carbons (Fsp3) is 0.778. The zero-order valence-corrected chi connectivity index (χ0v) is 9.19. The SMILES string of the molecule is C[CH]1C2C=C[CH](C2)[Ge]1([CH3])[CH3]. The molecule has 0 radical (unpaired) electrons. The van der Waals surface area contributed by atoms with Crippen molar-refractivity contribution < 1.29 is 0 Å². The Labute approximate surface area is 66.1 Å². The summed E-state index contributed by atoms with van der Waals surface area (Å²) in [6.45, 7) is 2.48. The predicted molar refractivity (Wildman–Crippen MR) is 47.9 cm³/mol. The van der Waals surface area contributed by atoms with E-state index >= 15 is 0 Å². The quantitative estimate of drug-likeness (QED) is 0.413. The van der Waals surface area contributed by atoms with Gasteiger partial charge in [-0.15, -0.1) is 0 Å². The van der Waals surface area contributed by atoms with Crippen molar-refractivity contribution in [2.45, 2.75) is 34.4 Å². The van der Waals surface area contributed by atoms with Crippen LogP contribution in [0.1, 0.15) is 13.3 Å². The Morgan fingerprint density at radius 3 is 2.30 bits per heavy atom. The third-order valence-electron chi connectivity index (χ3n) is 3.89. The van der Waals surface area contributed by atoms with Gasteiger partial charge in [0, 0.05) is 0 Å². The minimum atomic E-state index is -1.30. The Balaban J connectivity index is 2.35. The summed E-state index contributed by atoms with van der Waals surface area (Å²) in [5, 5.41) is 0. The molecule has 10 heavy (non-hydrogen) atoms. The Morgan fingerprint density at radius 2 is 2.00 bits per heavy atom. The van der Waals surface area contributed by atoms with Crippen LogP contribution in [0.25, 0.3) is 0 Å². The molecule has 2 bridgehead atoms. The third-order valence-corrected chi connectivity index (χ3v) is 14.6. The molecule has 0 spiro atoms. The zero-order chi connectivity index (χ0) is 7.35. The fourth-order valence-corrected chi connectivity index (χ4v) is 9.91. The summed E-state index contributed by atoms with van der Waals surface area (Å²) < 4.78 is 2.16. The Morgan fingerprint density at radius 1 is 1.30 bits per heavy atom. The Kier molecular flexibility index (Phi) is 1.33. The number of rotatable bonds is 0. The van der Waals surface area contributed by atoms with E-state index in [2.05, 4.69) is 30.6 Å². The van der Waals surface area contributed by atoms with E-state index in [-0.39, 0.29) is 0 Å². The minimum absolute atomic E-state index is 0.986. The molecule has 2 rings (SSSR count). The normalized spacial score (nSPS) is 48.5. The molecule has 1 saturated heterocycles. The molecule has 3 unspecified atom stereocenters. The van der Waals surface area contributed by atoms with Crippen molar-refractivity contribution in [1.29, 1.82) is 0 Å². The van der Waals surface area contributed by atoms with E-state index in [1.165, 1.54) is 6.42 Å². The number of fused-ring (bicyclic) bond motifs is 2. The average Bonchev–Trinajstić information content (AvgIpc) is 2.37. The van der Waals surface area contributed by atoms with Crippen LogP contribution in [0.15, 0.2) is 12.2 Å². The molecule has 0 aromatic heterocycles. The Hall–Kier alpha value is 0.283. The van der Waals surface area contributed by atoms with Crippen molar-refractivity contribution in [3.05, 3.63) is 12.2 Å². The van der Waals surface area contributed by atoms with Crippen LogP contribution >= 0.6 is 0 Å². The molecule has 56 valence electrons. The number of hydrogen-bond acceptors (Lipinski definition) is 0. The van der Waals surface area contributed by atoms with Gasteiger partial charge in [-0.3, -0.25) is 0 Å². The van der Waals surface area contributed by atoms with E-state index in [9.17, 15) is 0 Å². The van der Waals surface area contributed by atoms with E-state index in [1.807, 2.05) is 0 Å². The summed E-state index contributed by atoms with van der Waals surface area (Å²) in [5.41, 5.74) is 0. The average molecular weight is 197 g/mol. The number of hydrogen-bond donors (Lipinski definition) is 0. The van der Waals surface area contributed by atoms with Gasteiger partial charge in [0.1, 0.15) is 0 Å². The molecular weight excluding hydrogens is 181 g/mol. The number of allylic oxidation sites excluding steroid dienone is 2. The van der Waals surface area contributed by atoms with Crippen LogP contribution in [0.5, 0.6) is 0 Å². The summed E-state index contributed by atoms with van der Waals surface area (Å²) in [5.74, 6) is 6.18. The molecule has 3 atom stereocenters. The summed E-state index contributed by atoms with van der Waals surface area (Å²) >= 11 is -1.30. The van der Waals surface area contributed by atoms with Gasteiger partial charge in [0.25, 0.3) is 0 Å². The second-order valence-electron chi connectivity index (χ2n) is 4.50. The first-order chi connectivity index (χ1) is 4.62. The molecule has 1 aliphatic carbocycles. The van der Waals surface area contributed by atoms with Gasteiger partial charge < -0.3 is 0 Å². The molecule has 1 heterocycles. The second-order valence-corrected chi connectivity index (χ2v) is 15.6. The van der Waals surface area contributed by atoms with Crippen molar-refractivity contribution in [1.82, 2.24) is 0 Å². The molecule has 0 aromatic rings. The first kappa shape index (κ1) is 6.96. The second kappa shape index (κ2) is 1.91. The van der Waals surface area contributed by atoms with E-state index in [4.69, 9.17) is 0 Å². The van der Waals surface area contributed by atoms with E-state index in [1.54, 1.807) is 0 Å². The summed E-state index contributed by atoms with van der Waals surface area (Å²) in [6, 6.07) is 0. The van der Waals surface area contributed by atoms with E-state index < -0.39 is 13.3 Å². The molecule has 0 nitrogen and oxygen atoms in total.